The summed E-state index contributed by atoms with van der Waals surface area (Å²) in [4.78, 5) is 10.2. The van der Waals surface area contributed by atoms with Gasteiger partial charge in [-0.25, -0.2) is 4.39 Å². The van der Waals surface area contributed by atoms with Gasteiger partial charge in [0, 0.05) is 11.5 Å². The van der Waals surface area contributed by atoms with Crippen LogP contribution < -0.4 is 5.73 Å². The minimum atomic E-state index is -0.567. The van der Waals surface area contributed by atoms with Crippen molar-refractivity contribution < 1.29 is 9.31 Å². The van der Waals surface area contributed by atoms with E-state index in [1.807, 2.05) is 0 Å². The number of benzene rings is 2. The highest BCUT2D eigenvalue weighted by molar-refractivity contribution is 5.98. The van der Waals surface area contributed by atoms with Crippen molar-refractivity contribution in [1.29, 1.82) is 0 Å². The van der Waals surface area contributed by atoms with Crippen molar-refractivity contribution in [2.45, 2.75) is 0 Å². The average Bonchev–Trinajstić information content (AvgIpc) is 2.23. The van der Waals surface area contributed by atoms with Crippen molar-refractivity contribution >= 4 is 22.1 Å². The molecule has 0 saturated carbocycles. The Bertz CT molecular complexity index is 554. The molecular weight excluding hydrogens is 199 g/mol. The van der Waals surface area contributed by atoms with Crippen LogP contribution in [0.2, 0.25) is 0 Å². The number of halogens is 1. The summed E-state index contributed by atoms with van der Waals surface area (Å²) in [5, 5.41) is 11.4. The van der Waals surface area contributed by atoms with Crippen LogP contribution in [0.4, 0.5) is 15.8 Å². The second-order valence-corrected chi connectivity index (χ2v) is 3.09. The molecular formula is C10H7FN2O2. The quantitative estimate of drug-likeness (QED) is 0.442. The number of nitrogens with two attached hydrogens (primary N) is 1. The third-order valence-electron chi connectivity index (χ3n) is 2.22. The summed E-state index contributed by atoms with van der Waals surface area (Å²) >= 11 is 0. The van der Waals surface area contributed by atoms with Crippen molar-refractivity contribution in [3.63, 3.8) is 0 Å². The maximum atomic E-state index is 13.1. The van der Waals surface area contributed by atoms with Crippen LogP contribution >= 0.6 is 0 Å². The Morgan fingerprint density at radius 2 is 1.93 bits per heavy atom. The third-order valence-corrected chi connectivity index (χ3v) is 2.22. The lowest BCUT2D eigenvalue weighted by Gasteiger charge is -2.03. The van der Waals surface area contributed by atoms with Crippen LogP contribution in [0.15, 0.2) is 30.3 Å². The third kappa shape index (κ3) is 1.38. The first-order chi connectivity index (χ1) is 7.11. The van der Waals surface area contributed by atoms with E-state index < -0.39 is 10.7 Å². The van der Waals surface area contributed by atoms with E-state index in [1.54, 1.807) is 6.07 Å². The number of nitrogens with zero attached hydrogens (tertiary/aromatic N) is 1. The smallest absolute Gasteiger partial charge is 0.277 e. The molecule has 0 aliphatic heterocycles. The monoisotopic (exact) mass is 206 g/mol. The molecule has 0 spiro atoms. The molecule has 4 nitrogen and oxygen atoms in total. The molecule has 2 aromatic rings. The standard InChI is InChI=1S/C10H7FN2O2/c11-8-5-4-6-7(10(8)12)2-1-3-9(6)13(14)15/h1-5H,12H2. The van der Waals surface area contributed by atoms with Gasteiger partial charge in [0.05, 0.1) is 16.0 Å². The molecule has 76 valence electrons. The maximum Gasteiger partial charge on any atom is 0.277 e. The summed E-state index contributed by atoms with van der Waals surface area (Å²) < 4.78 is 13.1. The summed E-state index contributed by atoms with van der Waals surface area (Å²) in [6.45, 7) is 0. The minimum Gasteiger partial charge on any atom is -0.396 e. The summed E-state index contributed by atoms with van der Waals surface area (Å²) in [6, 6.07) is 6.89. The van der Waals surface area contributed by atoms with Gasteiger partial charge in [-0.3, -0.25) is 10.1 Å². The highest BCUT2D eigenvalue weighted by Crippen LogP contribution is 2.30. The summed E-state index contributed by atoms with van der Waals surface area (Å²) in [7, 11) is 0. The van der Waals surface area contributed by atoms with E-state index in [4.69, 9.17) is 5.73 Å². The number of non-ortho nitro benzene ring substituents is 1. The predicted octanol–water partition coefficient (Wildman–Crippen LogP) is 2.47. The highest BCUT2D eigenvalue weighted by atomic mass is 19.1. The first kappa shape index (κ1) is 9.39. The summed E-state index contributed by atoms with van der Waals surface area (Å²) in [5.74, 6) is -0.567. The van der Waals surface area contributed by atoms with Crippen molar-refractivity contribution in [2.24, 2.45) is 0 Å². The maximum absolute atomic E-state index is 13.1. The Labute approximate surface area is 84.3 Å². The van der Waals surface area contributed by atoms with Gasteiger partial charge >= 0.3 is 0 Å². The zero-order chi connectivity index (χ0) is 11.0. The molecule has 0 atom stereocenters. The number of nitro benzene ring substituents is 1. The Morgan fingerprint density at radius 3 is 2.60 bits per heavy atom. The van der Waals surface area contributed by atoms with Crippen LogP contribution in [-0.4, -0.2) is 4.92 Å². The van der Waals surface area contributed by atoms with E-state index in [9.17, 15) is 14.5 Å². The Hall–Kier alpha value is -2.17. The molecule has 0 heterocycles. The van der Waals surface area contributed by atoms with Gasteiger partial charge in [0.15, 0.2) is 0 Å². The van der Waals surface area contributed by atoms with E-state index in [2.05, 4.69) is 0 Å². The van der Waals surface area contributed by atoms with Gasteiger partial charge in [0.1, 0.15) is 5.82 Å². The Morgan fingerprint density at radius 1 is 1.20 bits per heavy atom. The van der Waals surface area contributed by atoms with E-state index in [0.29, 0.717) is 10.8 Å². The molecule has 2 N–H and O–H groups in total. The van der Waals surface area contributed by atoms with Gasteiger partial charge in [-0.2, -0.15) is 0 Å². The fraction of sp³-hybridized carbons (Fsp3) is 0. The second-order valence-electron chi connectivity index (χ2n) is 3.09. The molecule has 15 heavy (non-hydrogen) atoms. The molecule has 0 unspecified atom stereocenters. The van der Waals surface area contributed by atoms with Crippen molar-refractivity contribution in [3.05, 3.63) is 46.3 Å². The van der Waals surface area contributed by atoms with Crippen molar-refractivity contribution in [3.8, 4) is 0 Å². The molecule has 0 amide bonds. The lowest BCUT2D eigenvalue weighted by Crippen LogP contribution is -1.94. The molecule has 0 aliphatic rings. The normalized spacial score (nSPS) is 10.5. The average molecular weight is 206 g/mol. The van der Waals surface area contributed by atoms with Crippen LogP contribution in [0, 0.1) is 15.9 Å². The lowest BCUT2D eigenvalue weighted by atomic mass is 10.1. The number of nitro groups is 1. The molecule has 0 aromatic heterocycles. The molecule has 2 aromatic carbocycles. The fourth-order valence-corrected chi connectivity index (χ4v) is 1.50. The number of hydrogen-bond donors (Lipinski definition) is 1. The number of hydrogen-bond acceptors (Lipinski definition) is 3. The molecule has 2 rings (SSSR count). The molecule has 0 radical (unpaired) electrons. The molecule has 0 fully saturated rings. The van der Waals surface area contributed by atoms with Crippen molar-refractivity contribution in [1.82, 2.24) is 0 Å². The van der Waals surface area contributed by atoms with E-state index in [1.165, 1.54) is 18.2 Å². The number of rotatable bonds is 1. The summed E-state index contributed by atoms with van der Waals surface area (Å²) in [5.41, 5.74) is 5.36. The first-order valence-corrected chi connectivity index (χ1v) is 4.22. The largest absolute Gasteiger partial charge is 0.396 e. The van der Waals surface area contributed by atoms with Crippen LogP contribution in [0.25, 0.3) is 10.8 Å². The topological polar surface area (TPSA) is 69.2 Å². The zero-order valence-corrected chi connectivity index (χ0v) is 7.61. The van der Waals surface area contributed by atoms with Gasteiger partial charge in [-0.1, -0.05) is 12.1 Å². The Balaban J connectivity index is 2.89. The SMILES string of the molecule is Nc1c(F)ccc2c([N+](=O)[O-])cccc12. The number of anilines is 1. The first-order valence-electron chi connectivity index (χ1n) is 4.22. The van der Waals surface area contributed by atoms with E-state index in [0.717, 1.165) is 6.07 Å². The zero-order valence-electron chi connectivity index (χ0n) is 7.61. The molecule has 0 bridgehead atoms. The van der Waals surface area contributed by atoms with Crippen molar-refractivity contribution in [2.75, 3.05) is 5.73 Å². The highest BCUT2D eigenvalue weighted by Gasteiger charge is 2.13. The number of fused-ring (bicyclic) bond motifs is 1. The predicted molar refractivity (Wildman–Crippen MR) is 55.0 cm³/mol. The van der Waals surface area contributed by atoms with Gasteiger partial charge in [0.25, 0.3) is 5.69 Å². The van der Waals surface area contributed by atoms with Gasteiger partial charge < -0.3 is 5.73 Å². The van der Waals surface area contributed by atoms with Gasteiger partial charge in [0.2, 0.25) is 0 Å². The van der Waals surface area contributed by atoms with Gasteiger partial charge in [-0.05, 0) is 12.1 Å². The van der Waals surface area contributed by atoms with E-state index in [-0.39, 0.29) is 11.4 Å². The van der Waals surface area contributed by atoms with Crippen LogP contribution in [-0.2, 0) is 0 Å². The second kappa shape index (κ2) is 3.20. The molecule has 0 saturated heterocycles. The summed E-state index contributed by atoms with van der Waals surface area (Å²) in [6.07, 6.45) is 0. The van der Waals surface area contributed by atoms with Crippen LogP contribution in [0.3, 0.4) is 0 Å². The van der Waals surface area contributed by atoms with Crippen LogP contribution in [0.5, 0.6) is 0 Å². The number of nitrogen functional groups attached to an aromatic ring is 1. The van der Waals surface area contributed by atoms with Crippen LogP contribution in [0.1, 0.15) is 0 Å². The van der Waals surface area contributed by atoms with E-state index >= 15 is 0 Å². The minimum absolute atomic E-state index is 0.0591. The lowest BCUT2D eigenvalue weighted by molar-refractivity contribution is -0.383. The van der Waals surface area contributed by atoms with Gasteiger partial charge in [-0.15, -0.1) is 0 Å². The fourth-order valence-electron chi connectivity index (χ4n) is 1.50. The molecule has 5 heteroatoms. The molecule has 0 aliphatic carbocycles. The Kier molecular flexibility index (Phi) is 2.00.